The molecule has 0 unspecified atom stereocenters. The average molecular weight is 252 g/mol. The molecule has 0 spiro atoms. The molecule has 0 bridgehead atoms. The van der Waals surface area contributed by atoms with Crippen LogP contribution in [0, 0.1) is 0 Å². The molecule has 0 amide bonds. The third kappa shape index (κ3) is 2.29. The molecule has 2 aromatic heterocycles. The van der Waals surface area contributed by atoms with E-state index in [1.54, 1.807) is 6.20 Å². The van der Waals surface area contributed by atoms with Crippen LogP contribution in [-0.4, -0.2) is 14.5 Å². The summed E-state index contributed by atoms with van der Waals surface area (Å²) in [6.07, 6.45) is 5.51. The number of nitrogens with zero attached hydrogens (tertiary/aromatic N) is 3. The molecular formula is C15H16N4. The van der Waals surface area contributed by atoms with E-state index < -0.39 is 0 Å². The Labute approximate surface area is 111 Å². The van der Waals surface area contributed by atoms with Gasteiger partial charge in [0.1, 0.15) is 5.82 Å². The monoisotopic (exact) mass is 252 g/mol. The summed E-state index contributed by atoms with van der Waals surface area (Å²) >= 11 is 0. The van der Waals surface area contributed by atoms with E-state index >= 15 is 0 Å². The molecule has 2 heterocycles. The van der Waals surface area contributed by atoms with Crippen molar-refractivity contribution in [3.8, 4) is 0 Å². The minimum Gasteiger partial charge on any atom is -0.399 e. The number of aryl methyl sites for hydroxylation is 3. The highest BCUT2D eigenvalue weighted by Crippen LogP contribution is 2.15. The Bertz CT molecular complexity index is 698. The quantitative estimate of drug-likeness (QED) is 0.728. The third-order valence-corrected chi connectivity index (χ3v) is 3.39. The number of pyridine rings is 1. The van der Waals surface area contributed by atoms with Gasteiger partial charge in [-0.15, -0.1) is 0 Å². The van der Waals surface area contributed by atoms with Gasteiger partial charge in [-0.25, -0.2) is 4.98 Å². The molecule has 0 aliphatic heterocycles. The summed E-state index contributed by atoms with van der Waals surface area (Å²) in [5.74, 6) is 1.08. The molecule has 96 valence electrons. The van der Waals surface area contributed by atoms with Gasteiger partial charge in [0.05, 0.1) is 17.2 Å². The first-order chi connectivity index (χ1) is 9.24. The summed E-state index contributed by atoms with van der Waals surface area (Å²) in [5, 5.41) is 0. The molecule has 4 nitrogen and oxygen atoms in total. The maximum atomic E-state index is 5.69. The lowest BCUT2D eigenvalue weighted by atomic mass is 10.1. The molecule has 0 aliphatic rings. The Morgan fingerprint density at radius 1 is 1.11 bits per heavy atom. The van der Waals surface area contributed by atoms with Gasteiger partial charge >= 0.3 is 0 Å². The largest absolute Gasteiger partial charge is 0.399 e. The predicted octanol–water partition coefficient (Wildman–Crippen LogP) is 2.34. The minimum atomic E-state index is 0.803. The fourth-order valence-corrected chi connectivity index (χ4v) is 2.25. The smallest absolute Gasteiger partial charge is 0.109 e. The number of nitrogens with two attached hydrogens (primary N) is 1. The molecule has 0 atom stereocenters. The van der Waals surface area contributed by atoms with Crippen molar-refractivity contribution in [3.05, 3.63) is 54.1 Å². The van der Waals surface area contributed by atoms with E-state index in [-0.39, 0.29) is 0 Å². The first-order valence-electron chi connectivity index (χ1n) is 6.34. The predicted molar refractivity (Wildman–Crippen MR) is 76.8 cm³/mol. The molecular weight excluding hydrogens is 236 g/mol. The van der Waals surface area contributed by atoms with Crippen LogP contribution in [0.5, 0.6) is 0 Å². The standard InChI is InChI=1S/C15H16N4/c1-19-14-10-17-9-8-13(14)18-15(19)7-4-11-2-5-12(16)6-3-11/h2-3,5-6,8-10H,4,7,16H2,1H3. The molecule has 0 aliphatic carbocycles. The lowest BCUT2D eigenvalue weighted by molar-refractivity contribution is 0.786. The van der Waals surface area contributed by atoms with Gasteiger partial charge in [-0.3, -0.25) is 4.98 Å². The van der Waals surface area contributed by atoms with E-state index in [2.05, 4.69) is 26.7 Å². The molecule has 2 N–H and O–H groups in total. The van der Waals surface area contributed by atoms with E-state index in [0.717, 1.165) is 35.4 Å². The van der Waals surface area contributed by atoms with Gasteiger partial charge in [-0.2, -0.15) is 0 Å². The molecule has 0 saturated heterocycles. The highest BCUT2D eigenvalue weighted by Gasteiger charge is 2.07. The third-order valence-electron chi connectivity index (χ3n) is 3.39. The summed E-state index contributed by atoms with van der Waals surface area (Å²) in [6, 6.07) is 9.96. The molecule has 0 radical (unpaired) electrons. The Morgan fingerprint density at radius 3 is 2.63 bits per heavy atom. The maximum Gasteiger partial charge on any atom is 0.109 e. The molecule has 1 aromatic carbocycles. The summed E-state index contributed by atoms with van der Waals surface area (Å²) in [6.45, 7) is 0. The lowest BCUT2D eigenvalue weighted by Gasteiger charge is -2.03. The molecule has 0 fully saturated rings. The van der Waals surface area contributed by atoms with Gasteiger partial charge in [0.25, 0.3) is 0 Å². The second-order valence-corrected chi connectivity index (χ2v) is 4.69. The highest BCUT2D eigenvalue weighted by atomic mass is 15.1. The SMILES string of the molecule is Cn1c(CCc2ccc(N)cc2)nc2ccncc21. The summed E-state index contributed by atoms with van der Waals surface area (Å²) in [4.78, 5) is 8.78. The zero-order valence-corrected chi connectivity index (χ0v) is 10.9. The topological polar surface area (TPSA) is 56.7 Å². The van der Waals surface area contributed by atoms with E-state index in [4.69, 9.17) is 5.73 Å². The molecule has 0 saturated carbocycles. The molecule has 19 heavy (non-hydrogen) atoms. The van der Waals surface area contributed by atoms with Crippen molar-refractivity contribution in [3.63, 3.8) is 0 Å². The van der Waals surface area contributed by atoms with Gasteiger partial charge in [0, 0.05) is 25.4 Å². The zero-order chi connectivity index (χ0) is 13.2. The summed E-state index contributed by atoms with van der Waals surface area (Å²) < 4.78 is 2.11. The number of hydrogen-bond acceptors (Lipinski definition) is 3. The minimum absolute atomic E-state index is 0.803. The average Bonchev–Trinajstić information content (AvgIpc) is 2.76. The number of benzene rings is 1. The first-order valence-corrected chi connectivity index (χ1v) is 6.34. The van der Waals surface area contributed by atoms with Crippen LogP contribution in [0.2, 0.25) is 0 Å². The fourth-order valence-electron chi connectivity index (χ4n) is 2.25. The maximum absolute atomic E-state index is 5.69. The van der Waals surface area contributed by atoms with Crippen LogP contribution in [-0.2, 0) is 19.9 Å². The second kappa shape index (κ2) is 4.72. The Balaban J connectivity index is 1.82. The molecule has 4 heteroatoms. The van der Waals surface area contributed by atoms with Crippen LogP contribution < -0.4 is 5.73 Å². The number of aromatic nitrogens is 3. The van der Waals surface area contributed by atoms with Gasteiger partial charge < -0.3 is 10.3 Å². The van der Waals surface area contributed by atoms with Gasteiger partial charge in [-0.05, 0) is 30.2 Å². The normalized spacial score (nSPS) is 11.0. The van der Waals surface area contributed by atoms with Crippen LogP contribution in [0.4, 0.5) is 5.69 Å². The first kappa shape index (κ1) is 11.7. The number of nitrogen functional groups attached to an aromatic ring is 1. The lowest BCUT2D eigenvalue weighted by Crippen LogP contribution is -2.00. The summed E-state index contributed by atoms with van der Waals surface area (Å²) in [5.41, 5.74) is 9.85. The van der Waals surface area contributed by atoms with E-state index in [1.165, 1.54) is 5.56 Å². The summed E-state index contributed by atoms with van der Waals surface area (Å²) in [7, 11) is 2.04. The Kier molecular flexibility index (Phi) is 2.91. The number of anilines is 1. The number of rotatable bonds is 3. The molecule has 3 aromatic rings. The van der Waals surface area contributed by atoms with Gasteiger partial charge in [0.15, 0.2) is 0 Å². The van der Waals surface area contributed by atoms with Crippen molar-refractivity contribution in [2.24, 2.45) is 7.05 Å². The van der Waals surface area contributed by atoms with Crippen molar-refractivity contribution < 1.29 is 0 Å². The fraction of sp³-hybridized carbons (Fsp3) is 0.200. The van der Waals surface area contributed by atoms with Crippen LogP contribution >= 0.6 is 0 Å². The van der Waals surface area contributed by atoms with E-state index in [0.29, 0.717) is 0 Å². The van der Waals surface area contributed by atoms with Crippen molar-refractivity contribution in [2.45, 2.75) is 12.8 Å². The van der Waals surface area contributed by atoms with Crippen molar-refractivity contribution in [2.75, 3.05) is 5.73 Å². The van der Waals surface area contributed by atoms with Gasteiger partial charge in [-0.1, -0.05) is 12.1 Å². The molecule has 3 rings (SSSR count). The number of imidazole rings is 1. The van der Waals surface area contributed by atoms with Crippen LogP contribution in [0.3, 0.4) is 0 Å². The van der Waals surface area contributed by atoms with Crippen LogP contribution in [0.25, 0.3) is 11.0 Å². The number of fused-ring (bicyclic) bond motifs is 1. The van der Waals surface area contributed by atoms with E-state index in [1.807, 2.05) is 31.4 Å². The highest BCUT2D eigenvalue weighted by molar-refractivity contribution is 5.74. The number of hydrogen-bond donors (Lipinski definition) is 1. The van der Waals surface area contributed by atoms with E-state index in [9.17, 15) is 0 Å². The Hall–Kier alpha value is -2.36. The van der Waals surface area contributed by atoms with Crippen LogP contribution in [0.15, 0.2) is 42.7 Å². The van der Waals surface area contributed by atoms with Crippen LogP contribution in [0.1, 0.15) is 11.4 Å². The van der Waals surface area contributed by atoms with Gasteiger partial charge in [0.2, 0.25) is 0 Å². The van der Waals surface area contributed by atoms with Crippen molar-refractivity contribution in [1.29, 1.82) is 0 Å². The Morgan fingerprint density at radius 2 is 1.89 bits per heavy atom. The second-order valence-electron chi connectivity index (χ2n) is 4.69. The van der Waals surface area contributed by atoms with Crippen molar-refractivity contribution >= 4 is 16.7 Å². The van der Waals surface area contributed by atoms with Crippen molar-refractivity contribution in [1.82, 2.24) is 14.5 Å². The zero-order valence-electron chi connectivity index (χ0n) is 10.9.